The third-order valence-corrected chi connectivity index (χ3v) is 2.54. The van der Waals surface area contributed by atoms with E-state index in [2.05, 4.69) is 41.6 Å². The van der Waals surface area contributed by atoms with Gasteiger partial charge in [0.1, 0.15) is 0 Å². The van der Waals surface area contributed by atoms with Gasteiger partial charge in [0, 0.05) is 23.2 Å². The first kappa shape index (κ1) is 11.0. The lowest BCUT2D eigenvalue weighted by atomic mass is 9.92. The number of anilines is 1. The molecule has 1 aromatic heterocycles. The van der Waals surface area contributed by atoms with Gasteiger partial charge < -0.3 is 5.32 Å². The maximum absolute atomic E-state index is 11.4. The highest BCUT2D eigenvalue weighted by Crippen LogP contribution is 2.22. The first-order chi connectivity index (χ1) is 7.45. The molecule has 0 bridgehead atoms. The summed E-state index contributed by atoms with van der Waals surface area (Å²) < 4.78 is 0. The monoisotopic (exact) mass is 222 g/mol. The Balaban J connectivity index is 1.93. The fourth-order valence-electron chi connectivity index (χ4n) is 1.34. The predicted octanol–water partition coefficient (Wildman–Crippen LogP) is 1.99. The number of urea groups is 1. The van der Waals surface area contributed by atoms with E-state index in [1.165, 1.54) is 0 Å². The molecule has 0 saturated heterocycles. The van der Waals surface area contributed by atoms with Gasteiger partial charge in [0.15, 0.2) is 5.82 Å². The minimum absolute atomic E-state index is 0.0138. The van der Waals surface area contributed by atoms with Crippen LogP contribution in [0.25, 0.3) is 0 Å². The van der Waals surface area contributed by atoms with Crippen LogP contribution in [0.3, 0.4) is 0 Å². The summed E-state index contributed by atoms with van der Waals surface area (Å²) in [5, 5.41) is 12.5. The smallest absolute Gasteiger partial charge is 0.320 e. The Bertz CT molecular complexity index is 387. The second kappa shape index (κ2) is 3.81. The van der Waals surface area contributed by atoms with E-state index >= 15 is 0 Å². The van der Waals surface area contributed by atoms with Gasteiger partial charge in [0.2, 0.25) is 0 Å². The molecule has 0 aromatic carbocycles. The molecule has 5 heteroatoms. The number of carbonyl (C=O) groups excluding carboxylic acids is 1. The second-order valence-corrected chi connectivity index (χ2v) is 5.29. The molecule has 0 unspecified atom stereocenters. The first-order valence-electron chi connectivity index (χ1n) is 5.58. The zero-order valence-electron chi connectivity index (χ0n) is 9.92. The number of aromatic amines is 1. The predicted molar refractivity (Wildman–Crippen MR) is 62.5 cm³/mol. The van der Waals surface area contributed by atoms with Crippen LogP contribution in [0.4, 0.5) is 10.6 Å². The molecule has 1 aliphatic carbocycles. The summed E-state index contributed by atoms with van der Waals surface area (Å²) in [6, 6.07) is 2.06. The summed E-state index contributed by atoms with van der Waals surface area (Å²) in [4.78, 5) is 11.4. The molecule has 1 heterocycles. The highest BCUT2D eigenvalue weighted by atomic mass is 16.2. The number of rotatable bonds is 2. The van der Waals surface area contributed by atoms with Gasteiger partial charge in [-0.15, -0.1) is 0 Å². The SMILES string of the molecule is CC(C)(C)c1cc(NC(=O)NC2CC2)n[nH]1. The summed E-state index contributed by atoms with van der Waals surface area (Å²) in [6.07, 6.45) is 2.17. The minimum Gasteiger partial charge on any atom is -0.335 e. The number of amides is 2. The lowest BCUT2D eigenvalue weighted by Gasteiger charge is -2.14. The quantitative estimate of drug-likeness (QED) is 0.716. The molecule has 1 aliphatic rings. The van der Waals surface area contributed by atoms with E-state index < -0.39 is 0 Å². The molecule has 0 radical (unpaired) electrons. The number of hydrogen-bond donors (Lipinski definition) is 3. The van der Waals surface area contributed by atoms with Crippen LogP contribution in [0.2, 0.25) is 0 Å². The molecule has 1 aromatic rings. The number of carbonyl (C=O) groups is 1. The van der Waals surface area contributed by atoms with E-state index in [1.54, 1.807) is 0 Å². The number of aromatic nitrogens is 2. The van der Waals surface area contributed by atoms with E-state index in [1.807, 2.05) is 6.07 Å². The normalized spacial score (nSPS) is 15.9. The van der Waals surface area contributed by atoms with Crippen molar-refractivity contribution in [2.75, 3.05) is 5.32 Å². The number of H-pyrrole nitrogens is 1. The summed E-state index contributed by atoms with van der Waals surface area (Å²) in [7, 11) is 0. The molecular formula is C11H18N4O. The lowest BCUT2D eigenvalue weighted by molar-refractivity contribution is 0.251. The zero-order chi connectivity index (χ0) is 11.8. The molecule has 2 rings (SSSR count). The van der Waals surface area contributed by atoms with Crippen LogP contribution in [0.5, 0.6) is 0 Å². The maximum atomic E-state index is 11.4. The Morgan fingerprint density at radius 3 is 2.69 bits per heavy atom. The summed E-state index contributed by atoms with van der Waals surface area (Å²) >= 11 is 0. The van der Waals surface area contributed by atoms with Crippen molar-refractivity contribution in [3.05, 3.63) is 11.8 Å². The van der Waals surface area contributed by atoms with Crippen molar-refractivity contribution in [3.8, 4) is 0 Å². The van der Waals surface area contributed by atoms with E-state index in [-0.39, 0.29) is 11.4 Å². The summed E-state index contributed by atoms with van der Waals surface area (Å²) in [5.41, 5.74) is 1.02. The highest BCUT2D eigenvalue weighted by molar-refractivity contribution is 5.88. The second-order valence-electron chi connectivity index (χ2n) is 5.29. The van der Waals surface area contributed by atoms with E-state index in [0.29, 0.717) is 11.9 Å². The maximum Gasteiger partial charge on any atom is 0.320 e. The molecular weight excluding hydrogens is 204 g/mol. The van der Waals surface area contributed by atoms with Gasteiger partial charge in [-0.05, 0) is 12.8 Å². The van der Waals surface area contributed by atoms with E-state index in [0.717, 1.165) is 18.5 Å². The van der Waals surface area contributed by atoms with Crippen molar-refractivity contribution < 1.29 is 4.79 Å². The fourth-order valence-corrected chi connectivity index (χ4v) is 1.34. The third kappa shape index (κ3) is 2.74. The third-order valence-electron chi connectivity index (χ3n) is 2.54. The molecule has 1 fully saturated rings. The van der Waals surface area contributed by atoms with Gasteiger partial charge in [-0.25, -0.2) is 4.79 Å². The van der Waals surface area contributed by atoms with Gasteiger partial charge in [0.05, 0.1) is 0 Å². The van der Waals surface area contributed by atoms with Gasteiger partial charge in [-0.1, -0.05) is 20.8 Å². The van der Waals surface area contributed by atoms with Gasteiger partial charge in [-0.3, -0.25) is 10.4 Å². The van der Waals surface area contributed by atoms with Crippen molar-refractivity contribution >= 4 is 11.8 Å². The molecule has 5 nitrogen and oxygen atoms in total. The molecule has 3 N–H and O–H groups in total. The van der Waals surface area contributed by atoms with Crippen molar-refractivity contribution in [2.24, 2.45) is 0 Å². The Morgan fingerprint density at radius 1 is 1.50 bits per heavy atom. The highest BCUT2D eigenvalue weighted by Gasteiger charge is 2.23. The molecule has 0 atom stereocenters. The molecule has 0 aliphatic heterocycles. The van der Waals surface area contributed by atoms with Gasteiger partial charge in [-0.2, -0.15) is 5.10 Å². The molecule has 88 valence electrons. The number of hydrogen-bond acceptors (Lipinski definition) is 2. The van der Waals surface area contributed by atoms with E-state index in [9.17, 15) is 4.79 Å². The van der Waals surface area contributed by atoms with Crippen molar-refractivity contribution in [3.63, 3.8) is 0 Å². The summed E-state index contributed by atoms with van der Waals surface area (Å²) in [6.45, 7) is 6.28. The van der Waals surface area contributed by atoms with Crippen LogP contribution in [0.15, 0.2) is 6.07 Å². The van der Waals surface area contributed by atoms with E-state index in [4.69, 9.17) is 0 Å². The average Bonchev–Trinajstić information content (AvgIpc) is 2.80. The fraction of sp³-hybridized carbons (Fsp3) is 0.636. The Labute approximate surface area is 95.0 Å². The lowest BCUT2D eigenvalue weighted by Crippen LogP contribution is -2.30. The molecule has 2 amide bonds. The number of nitrogens with one attached hydrogen (secondary N) is 3. The topological polar surface area (TPSA) is 69.8 Å². The minimum atomic E-state index is -0.172. The standard InChI is InChI=1S/C11H18N4O/c1-11(2,3)8-6-9(15-14-8)13-10(16)12-7-4-5-7/h6-7H,4-5H2,1-3H3,(H3,12,13,14,15,16). The Hall–Kier alpha value is -1.52. The van der Waals surface area contributed by atoms with Crippen molar-refractivity contribution in [2.45, 2.75) is 45.1 Å². The largest absolute Gasteiger partial charge is 0.335 e. The first-order valence-corrected chi connectivity index (χ1v) is 5.58. The molecule has 1 saturated carbocycles. The van der Waals surface area contributed by atoms with Gasteiger partial charge >= 0.3 is 6.03 Å². The summed E-state index contributed by atoms with van der Waals surface area (Å²) in [5.74, 6) is 0.572. The number of nitrogens with zero attached hydrogens (tertiary/aromatic N) is 1. The molecule has 0 spiro atoms. The van der Waals surface area contributed by atoms with Crippen LogP contribution in [0.1, 0.15) is 39.3 Å². The molecule has 16 heavy (non-hydrogen) atoms. The van der Waals surface area contributed by atoms with Gasteiger partial charge in [0.25, 0.3) is 0 Å². The van der Waals surface area contributed by atoms with Crippen LogP contribution >= 0.6 is 0 Å². The van der Waals surface area contributed by atoms with Crippen LogP contribution in [-0.2, 0) is 5.41 Å². The Morgan fingerprint density at radius 2 is 2.19 bits per heavy atom. The van der Waals surface area contributed by atoms with Crippen LogP contribution < -0.4 is 10.6 Å². The van der Waals surface area contributed by atoms with Crippen LogP contribution in [-0.4, -0.2) is 22.3 Å². The average molecular weight is 222 g/mol. The van der Waals surface area contributed by atoms with Crippen molar-refractivity contribution in [1.82, 2.24) is 15.5 Å². The zero-order valence-corrected chi connectivity index (χ0v) is 9.92. The van der Waals surface area contributed by atoms with Crippen LogP contribution in [0, 0.1) is 0 Å². The van der Waals surface area contributed by atoms with Crippen molar-refractivity contribution in [1.29, 1.82) is 0 Å². The Kier molecular flexibility index (Phi) is 2.61.